The molecule has 0 unspecified atom stereocenters. The molecule has 5 nitrogen and oxygen atoms in total. The van der Waals surface area contributed by atoms with Gasteiger partial charge in [-0.25, -0.2) is 9.07 Å². The summed E-state index contributed by atoms with van der Waals surface area (Å²) in [5.74, 6) is 0.613. The van der Waals surface area contributed by atoms with Crippen LogP contribution in [0.25, 0.3) is 0 Å². The normalized spacial score (nSPS) is 11.9. The number of hydrogen-bond donors (Lipinski definition) is 0. The van der Waals surface area contributed by atoms with Crippen LogP contribution in [0.2, 0.25) is 0 Å². The highest BCUT2D eigenvalue weighted by atomic mass is 19.1. The summed E-state index contributed by atoms with van der Waals surface area (Å²) in [7, 11) is 0. The SMILES string of the molecule is CCC(C)(C)n1nnnc1CN(Cc1ccccc1)Cc1ccc(F)cc1. The molecule has 0 aliphatic heterocycles. The molecule has 0 atom stereocenters. The Bertz CT molecular complexity index is 843. The van der Waals surface area contributed by atoms with Gasteiger partial charge in [0.1, 0.15) is 5.82 Å². The third-order valence-electron chi connectivity index (χ3n) is 4.91. The number of benzene rings is 2. The minimum Gasteiger partial charge on any atom is -0.287 e. The van der Waals surface area contributed by atoms with Gasteiger partial charge >= 0.3 is 0 Å². The molecule has 0 saturated heterocycles. The fourth-order valence-corrected chi connectivity index (χ4v) is 2.98. The van der Waals surface area contributed by atoms with Crippen LogP contribution >= 0.6 is 0 Å². The molecule has 0 N–H and O–H groups in total. The summed E-state index contributed by atoms with van der Waals surface area (Å²) in [4.78, 5) is 2.27. The fraction of sp³-hybridized carbons (Fsp3) is 0.381. The van der Waals surface area contributed by atoms with Crippen LogP contribution in [0, 0.1) is 5.82 Å². The highest BCUT2D eigenvalue weighted by molar-refractivity contribution is 5.18. The van der Waals surface area contributed by atoms with E-state index in [0.717, 1.165) is 24.4 Å². The van der Waals surface area contributed by atoms with Gasteiger partial charge in [0.25, 0.3) is 0 Å². The van der Waals surface area contributed by atoms with Gasteiger partial charge in [-0.2, -0.15) is 0 Å². The van der Waals surface area contributed by atoms with E-state index in [9.17, 15) is 4.39 Å². The van der Waals surface area contributed by atoms with E-state index < -0.39 is 0 Å². The van der Waals surface area contributed by atoms with Crippen LogP contribution in [-0.4, -0.2) is 25.1 Å². The first-order chi connectivity index (χ1) is 13.0. The Hall–Kier alpha value is -2.60. The average Bonchev–Trinajstić information content (AvgIpc) is 3.13. The molecule has 142 valence electrons. The van der Waals surface area contributed by atoms with Gasteiger partial charge in [0.05, 0.1) is 12.1 Å². The molecule has 3 aromatic rings. The van der Waals surface area contributed by atoms with E-state index in [1.807, 2.05) is 35.0 Å². The van der Waals surface area contributed by atoms with Crippen LogP contribution in [-0.2, 0) is 25.2 Å². The van der Waals surface area contributed by atoms with Crippen molar-refractivity contribution in [2.75, 3.05) is 0 Å². The average molecular weight is 367 g/mol. The van der Waals surface area contributed by atoms with Gasteiger partial charge < -0.3 is 0 Å². The van der Waals surface area contributed by atoms with Crippen molar-refractivity contribution in [2.45, 2.75) is 52.4 Å². The molecular formula is C21H26FN5. The summed E-state index contributed by atoms with van der Waals surface area (Å²) in [6, 6.07) is 17.0. The zero-order valence-corrected chi connectivity index (χ0v) is 16.1. The van der Waals surface area contributed by atoms with Crippen LogP contribution in [0.3, 0.4) is 0 Å². The predicted molar refractivity (Wildman–Crippen MR) is 103 cm³/mol. The van der Waals surface area contributed by atoms with Crippen molar-refractivity contribution in [2.24, 2.45) is 0 Å². The number of tetrazole rings is 1. The lowest BCUT2D eigenvalue weighted by Crippen LogP contribution is -2.32. The Morgan fingerprint density at radius 3 is 2.19 bits per heavy atom. The van der Waals surface area contributed by atoms with Crippen LogP contribution in [0.1, 0.15) is 44.1 Å². The number of rotatable bonds is 8. The van der Waals surface area contributed by atoms with Crippen molar-refractivity contribution < 1.29 is 4.39 Å². The van der Waals surface area contributed by atoms with Gasteiger partial charge in [-0.3, -0.25) is 4.90 Å². The zero-order valence-electron chi connectivity index (χ0n) is 16.1. The maximum absolute atomic E-state index is 13.3. The predicted octanol–water partition coefficient (Wildman–Crippen LogP) is 4.16. The molecule has 1 aromatic heterocycles. The maximum atomic E-state index is 13.3. The minimum atomic E-state index is -0.220. The van der Waals surface area contributed by atoms with Crippen molar-refractivity contribution >= 4 is 0 Å². The molecule has 3 rings (SSSR count). The molecule has 0 saturated carbocycles. The van der Waals surface area contributed by atoms with Gasteiger partial charge in [-0.15, -0.1) is 5.10 Å². The van der Waals surface area contributed by atoms with Crippen LogP contribution < -0.4 is 0 Å². The summed E-state index contributed by atoms with van der Waals surface area (Å²) in [5.41, 5.74) is 2.13. The third kappa shape index (κ3) is 4.98. The second-order valence-corrected chi connectivity index (χ2v) is 7.43. The fourth-order valence-electron chi connectivity index (χ4n) is 2.98. The molecule has 6 heteroatoms. The van der Waals surface area contributed by atoms with Crippen LogP contribution in [0.15, 0.2) is 54.6 Å². The molecule has 0 fully saturated rings. The summed E-state index contributed by atoms with van der Waals surface area (Å²) < 4.78 is 15.2. The Morgan fingerprint density at radius 1 is 0.926 bits per heavy atom. The molecule has 27 heavy (non-hydrogen) atoms. The lowest BCUT2D eigenvalue weighted by Gasteiger charge is -2.27. The molecule has 0 bridgehead atoms. The van der Waals surface area contributed by atoms with Gasteiger partial charge in [0, 0.05) is 13.1 Å². The number of halogens is 1. The topological polar surface area (TPSA) is 46.8 Å². The smallest absolute Gasteiger partial charge is 0.165 e. The Morgan fingerprint density at radius 2 is 1.56 bits per heavy atom. The van der Waals surface area contributed by atoms with Crippen molar-refractivity contribution in [3.8, 4) is 0 Å². The molecule has 0 aliphatic carbocycles. The second kappa shape index (κ2) is 8.39. The van der Waals surface area contributed by atoms with E-state index >= 15 is 0 Å². The lowest BCUT2D eigenvalue weighted by atomic mass is 10.0. The Kier molecular flexibility index (Phi) is 5.96. The van der Waals surface area contributed by atoms with Crippen LogP contribution in [0.4, 0.5) is 4.39 Å². The lowest BCUT2D eigenvalue weighted by molar-refractivity contribution is 0.217. The quantitative estimate of drug-likeness (QED) is 0.600. The summed E-state index contributed by atoms with van der Waals surface area (Å²) in [6.07, 6.45) is 0.932. The first-order valence-electron chi connectivity index (χ1n) is 9.26. The number of nitrogens with zero attached hydrogens (tertiary/aromatic N) is 5. The van der Waals surface area contributed by atoms with Gasteiger partial charge in [-0.1, -0.05) is 49.4 Å². The summed E-state index contributed by atoms with van der Waals surface area (Å²) in [5, 5.41) is 12.4. The van der Waals surface area contributed by atoms with Gasteiger partial charge in [0.2, 0.25) is 0 Å². The third-order valence-corrected chi connectivity index (χ3v) is 4.91. The highest BCUT2D eigenvalue weighted by Gasteiger charge is 2.24. The largest absolute Gasteiger partial charge is 0.287 e. The Labute approximate surface area is 159 Å². The number of hydrogen-bond acceptors (Lipinski definition) is 4. The van der Waals surface area contributed by atoms with Gasteiger partial charge in [-0.05, 0) is 54.0 Å². The van der Waals surface area contributed by atoms with Gasteiger partial charge in [0.15, 0.2) is 5.82 Å². The van der Waals surface area contributed by atoms with E-state index in [4.69, 9.17) is 0 Å². The van der Waals surface area contributed by atoms with E-state index in [1.54, 1.807) is 0 Å². The molecule has 0 aliphatic rings. The highest BCUT2D eigenvalue weighted by Crippen LogP contribution is 2.21. The summed E-state index contributed by atoms with van der Waals surface area (Å²) >= 11 is 0. The molecule has 0 radical (unpaired) electrons. The maximum Gasteiger partial charge on any atom is 0.165 e. The molecular weight excluding hydrogens is 341 g/mol. The van der Waals surface area contributed by atoms with E-state index in [0.29, 0.717) is 13.1 Å². The van der Waals surface area contributed by atoms with Crippen molar-refractivity contribution in [1.82, 2.24) is 25.1 Å². The molecule has 0 amide bonds. The molecule has 0 spiro atoms. The Balaban J connectivity index is 1.83. The number of aromatic nitrogens is 4. The standard InChI is InChI=1S/C21H26FN5/c1-4-21(2,3)27-20(23-24-25-27)16-26(14-17-8-6-5-7-9-17)15-18-10-12-19(22)13-11-18/h5-13H,4,14-16H2,1-3H3. The van der Waals surface area contributed by atoms with Crippen molar-refractivity contribution in [3.05, 3.63) is 77.4 Å². The van der Waals surface area contributed by atoms with E-state index in [2.05, 4.69) is 53.3 Å². The molecule has 1 heterocycles. The van der Waals surface area contributed by atoms with E-state index in [-0.39, 0.29) is 11.4 Å². The summed E-state index contributed by atoms with van der Waals surface area (Å²) in [6.45, 7) is 8.46. The second-order valence-electron chi connectivity index (χ2n) is 7.43. The first-order valence-corrected chi connectivity index (χ1v) is 9.26. The minimum absolute atomic E-state index is 0.146. The van der Waals surface area contributed by atoms with Crippen molar-refractivity contribution in [3.63, 3.8) is 0 Å². The monoisotopic (exact) mass is 367 g/mol. The first kappa shape index (κ1) is 19.2. The van der Waals surface area contributed by atoms with Crippen LogP contribution in [0.5, 0.6) is 0 Å². The molecule has 2 aromatic carbocycles. The van der Waals surface area contributed by atoms with E-state index in [1.165, 1.54) is 17.7 Å². The zero-order chi connectivity index (χ0) is 19.3. The van der Waals surface area contributed by atoms with Crippen molar-refractivity contribution in [1.29, 1.82) is 0 Å².